The van der Waals surface area contributed by atoms with Gasteiger partial charge in [0.1, 0.15) is 0 Å². The molecule has 1 amide bonds. The Morgan fingerprint density at radius 2 is 1.70 bits per heavy atom. The van der Waals surface area contributed by atoms with E-state index in [0.29, 0.717) is 42.0 Å². The number of hydrogen-bond donors (Lipinski definition) is 2. The number of methoxy groups -OCH3 is 1. The fourth-order valence-corrected chi connectivity index (χ4v) is 5.69. The van der Waals surface area contributed by atoms with Gasteiger partial charge in [-0.1, -0.05) is 48.9 Å². The van der Waals surface area contributed by atoms with E-state index in [-0.39, 0.29) is 11.8 Å². The molecule has 40 heavy (non-hydrogen) atoms. The highest BCUT2D eigenvalue weighted by atomic mass is 16.5. The normalized spacial score (nSPS) is 15.8. The van der Waals surface area contributed by atoms with E-state index < -0.39 is 5.97 Å². The van der Waals surface area contributed by atoms with Gasteiger partial charge < -0.3 is 19.7 Å². The number of likely N-dealkylation sites (tertiary alicyclic amines) is 1. The Morgan fingerprint density at radius 1 is 0.925 bits per heavy atom. The van der Waals surface area contributed by atoms with Gasteiger partial charge in [-0.25, -0.2) is 9.79 Å². The van der Waals surface area contributed by atoms with Gasteiger partial charge in [0, 0.05) is 29.6 Å². The molecule has 1 aromatic heterocycles. The van der Waals surface area contributed by atoms with Crippen molar-refractivity contribution in [3.05, 3.63) is 94.5 Å². The molecule has 0 radical (unpaired) electrons. The zero-order valence-electron chi connectivity index (χ0n) is 22.5. The predicted octanol–water partition coefficient (Wildman–Crippen LogP) is 5.16. The number of aromatic amines is 1. The minimum Gasteiger partial charge on any atom is -0.494 e. The molecule has 6 rings (SSSR count). The number of H-pyrrole nitrogens is 1. The Morgan fingerprint density at radius 3 is 2.48 bits per heavy atom. The van der Waals surface area contributed by atoms with Gasteiger partial charge in [0.15, 0.2) is 5.88 Å². The fourth-order valence-electron chi connectivity index (χ4n) is 5.69. The Bertz CT molecular complexity index is 1600. The average molecular weight is 537 g/mol. The SMILES string of the molecule is COC(=O)c1ccc2c(C(=Nc3ccc4c(c3)CN(C(=O)CN3CCCCC3)C4)c3ccccc3)c(O)[nH]c2c1. The number of carbonyl (C=O) groups excluding carboxylic acids is 2. The minimum absolute atomic E-state index is 0.0322. The van der Waals surface area contributed by atoms with E-state index in [9.17, 15) is 14.7 Å². The summed E-state index contributed by atoms with van der Waals surface area (Å²) in [7, 11) is 1.34. The van der Waals surface area contributed by atoms with Gasteiger partial charge in [-0.15, -0.1) is 0 Å². The van der Waals surface area contributed by atoms with Gasteiger partial charge in [-0.05, 0) is 61.3 Å². The second-order valence-electron chi connectivity index (χ2n) is 10.5. The first-order valence-electron chi connectivity index (χ1n) is 13.7. The monoisotopic (exact) mass is 536 g/mol. The van der Waals surface area contributed by atoms with E-state index in [1.165, 1.54) is 13.5 Å². The summed E-state index contributed by atoms with van der Waals surface area (Å²) in [5.41, 5.74) is 5.96. The maximum atomic E-state index is 13.0. The molecule has 0 aliphatic carbocycles. The lowest BCUT2D eigenvalue weighted by molar-refractivity contribution is -0.133. The van der Waals surface area contributed by atoms with Crippen LogP contribution in [0.5, 0.6) is 5.88 Å². The van der Waals surface area contributed by atoms with Crippen molar-refractivity contribution in [2.45, 2.75) is 32.4 Å². The van der Waals surface area contributed by atoms with Crippen molar-refractivity contribution in [2.24, 2.45) is 4.99 Å². The molecule has 204 valence electrons. The maximum Gasteiger partial charge on any atom is 0.337 e. The Labute approximate surface area is 232 Å². The highest BCUT2D eigenvalue weighted by molar-refractivity contribution is 6.22. The van der Waals surface area contributed by atoms with Gasteiger partial charge in [0.25, 0.3) is 0 Å². The molecule has 4 aromatic rings. The first-order valence-corrected chi connectivity index (χ1v) is 13.7. The van der Waals surface area contributed by atoms with Crippen LogP contribution in [-0.2, 0) is 22.6 Å². The fraction of sp³-hybridized carbons (Fsp3) is 0.281. The first kappa shape index (κ1) is 25.8. The molecule has 2 aliphatic heterocycles. The molecule has 0 unspecified atom stereocenters. The molecule has 1 saturated heterocycles. The standard InChI is InChI=1S/C32H32N4O4/c1-40-32(39)22-11-13-26-27(17-22)34-31(38)29(26)30(21-8-4-2-5-9-21)33-25-12-10-23-18-36(19-24(23)16-25)28(37)20-35-14-6-3-7-15-35/h2,4-5,8-13,16-17,34,38H,3,6-7,14-15,18-20H2,1H3. The molecule has 0 saturated carbocycles. The maximum absolute atomic E-state index is 13.0. The summed E-state index contributed by atoms with van der Waals surface area (Å²) in [5.74, 6) is -0.311. The van der Waals surface area contributed by atoms with Crippen LogP contribution in [0, 0.1) is 0 Å². The molecule has 2 N–H and O–H groups in total. The number of hydrogen-bond acceptors (Lipinski definition) is 6. The number of piperidine rings is 1. The Hall–Kier alpha value is -4.43. The number of nitrogens with zero attached hydrogens (tertiary/aromatic N) is 3. The molecule has 1 fully saturated rings. The van der Waals surface area contributed by atoms with E-state index in [4.69, 9.17) is 9.73 Å². The summed E-state index contributed by atoms with van der Waals surface area (Å²) >= 11 is 0. The molecule has 0 bridgehead atoms. The highest BCUT2D eigenvalue weighted by Gasteiger charge is 2.26. The molecule has 3 aromatic carbocycles. The summed E-state index contributed by atoms with van der Waals surface area (Å²) in [6.45, 7) is 3.66. The largest absolute Gasteiger partial charge is 0.494 e. The number of esters is 1. The molecule has 0 spiro atoms. The van der Waals surface area contributed by atoms with Crippen LogP contribution in [0.15, 0.2) is 71.7 Å². The Balaban J connectivity index is 1.33. The van der Waals surface area contributed by atoms with Crippen molar-refractivity contribution in [1.82, 2.24) is 14.8 Å². The third kappa shape index (κ3) is 5.10. The number of aromatic nitrogens is 1. The van der Waals surface area contributed by atoms with Crippen molar-refractivity contribution in [1.29, 1.82) is 0 Å². The predicted molar refractivity (Wildman–Crippen MR) is 154 cm³/mol. The molecule has 2 aliphatic rings. The Kier molecular flexibility index (Phi) is 7.09. The van der Waals surface area contributed by atoms with Crippen LogP contribution in [0.25, 0.3) is 10.9 Å². The van der Waals surface area contributed by atoms with Crippen LogP contribution in [0.1, 0.15) is 51.9 Å². The van der Waals surface area contributed by atoms with Crippen LogP contribution in [0.2, 0.25) is 0 Å². The van der Waals surface area contributed by atoms with E-state index in [1.807, 2.05) is 53.4 Å². The quantitative estimate of drug-likeness (QED) is 0.262. The molecule has 8 nitrogen and oxygen atoms in total. The van der Waals surface area contributed by atoms with E-state index in [1.54, 1.807) is 18.2 Å². The van der Waals surface area contributed by atoms with Crippen LogP contribution in [0.3, 0.4) is 0 Å². The number of carbonyl (C=O) groups is 2. The number of ether oxygens (including phenoxy) is 1. The zero-order chi connectivity index (χ0) is 27.6. The van der Waals surface area contributed by atoms with Crippen molar-refractivity contribution in [3.8, 4) is 5.88 Å². The highest BCUT2D eigenvalue weighted by Crippen LogP contribution is 2.33. The number of rotatable bonds is 6. The lowest BCUT2D eigenvalue weighted by atomic mass is 10.00. The van der Waals surface area contributed by atoms with Gasteiger partial charge >= 0.3 is 5.97 Å². The van der Waals surface area contributed by atoms with Crippen molar-refractivity contribution in [3.63, 3.8) is 0 Å². The summed E-state index contributed by atoms with van der Waals surface area (Å²) in [6, 6.07) is 20.9. The lowest BCUT2D eigenvalue weighted by Crippen LogP contribution is -2.40. The summed E-state index contributed by atoms with van der Waals surface area (Å²) in [5, 5.41) is 11.8. The number of benzene rings is 3. The van der Waals surface area contributed by atoms with Crippen LogP contribution < -0.4 is 0 Å². The molecule has 8 heteroatoms. The van der Waals surface area contributed by atoms with Crippen molar-refractivity contribution in [2.75, 3.05) is 26.7 Å². The summed E-state index contributed by atoms with van der Waals surface area (Å²) < 4.78 is 4.85. The number of amides is 1. The van der Waals surface area contributed by atoms with Crippen LogP contribution in [0.4, 0.5) is 5.69 Å². The number of nitrogens with one attached hydrogen (secondary N) is 1. The number of aliphatic imine (C=N–C) groups is 1. The third-order valence-corrected chi connectivity index (χ3v) is 7.80. The average Bonchev–Trinajstić information content (AvgIpc) is 3.56. The summed E-state index contributed by atoms with van der Waals surface area (Å²) in [4.78, 5) is 37.3. The first-order chi connectivity index (χ1) is 19.5. The van der Waals surface area contributed by atoms with Crippen molar-refractivity contribution >= 4 is 34.2 Å². The molecule has 0 atom stereocenters. The second kappa shape index (κ2) is 11.0. The molecular weight excluding hydrogens is 504 g/mol. The van der Waals surface area contributed by atoms with E-state index in [2.05, 4.69) is 9.88 Å². The minimum atomic E-state index is -0.448. The second-order valence-corrected chi connectivity index (χ2v) is 10.5. The number of fused-ring (bicyclic) bond motifs is 2. The summed E-state index contributed by atoms with van der Waals surface area (Å²) in [6.07, 6.45) is 3.58. The van der Waals surface area contributed by atoms with Gasteiger partial charge in [0.05, 0.1) is 36.2 Å². The smallest absolute Gasteiger partial charge is 0.337 e. The molecular formula is C32H32N4O4. The number of aromatic hydroxyl groups is 1. The third-order valence-electron chi connectivity index (χ3n) is 7.80. The van der Waals surface area contributed by atoms with E-state index >= 15 is 0 Å². The lowest BCUT2D eigenvalue weighted by Gasteiger charge is -2.27. The molecule has 3 heterocycles. The zero-order valence-corrected chi connectivity index (χ0v) is 22.5. The van der Waals surface area contributed by atoms with E-state index in [0.717, 1.165) is 53.7 Å². The van der Waals surface area contributed by atoms with Crippen LogP contribution >= 0.6 is 0 Å². The van der Waals surface area contributed by atoms with Gasteiger partial charge in [0.2, 0.25) is 5.91 Å². The topological polar surface area (TPSA) is 98.2 Å². The van der Waals surface area contributed by atoms with Crippen molar-refractivity contribution < 1.29 is 19.4 Å². The van der Waals surface area contributed by atoms with Gasteiger partial charge in [-0.3, -0.25) is 9.69 Å². The van der Waals surface area contributed by atoms with Gasteiger partial charge in [-0.2, -0.15) is 0 Å². The van der Waals surface area contributed by atoms with Crippen LogP contribution in [-0.4, -0.2) is 64.2 Å².